The highest BCUT2D eigenvalue weighted by atomic mass is 19.1. The van der Waals surface area contributed by atoms with Gasteiger partial charge in [-0.3, -0.25) is 4.79 Å². The standard InChI is InChI=1S/C23H26FN3O4/c1-6-7-15(25-5)13-12-17(30-11-10-26-22(29)31-23(2,3)4)19-14(24)8-9-16-20(19)18(13)21(28)27-16/h6-9,12,25H,1,10-11H2,2-5H3,(H,26,29)(H,27,28)/b15-7-. The third-order valence-electron chi connectivity index (χ3n) is 4.54. The van der Waals surface area contributed by atoms with E-state index < -0.39 is 17.5 Å². The smallest absolute Gasteiger partial charge is 0.407 e. The van der Waals surface area contributed by atoms with Crippen LogP contribution in [0.5, 0.6) is 5.75 Å². The molecule has 2 aromatic rings. The van der Waals surface area contributed by atoms with E-state index in [2.05, 4.69) is 22.5 Å². The van der Waals surface area contributed by atoms with Crippen molar-refractivity contribution in [3.8, 4) is 5.75 Å². The fraction of sp³-hybridized carbons (Fsp3) is 0.304. The Morgan fingerprint density at radius 1 is 1.29 bits per heavy atom. The van der Waals surface area contributed by atoms with Crippen LogP contribution in [-0.4, -0.2) is 37.8 Å². The van der Waals surface area contributed by atoms with E-state index in [0.717, 1.165) is 0 Å². The van der Waals surface area contributed by atoms with E-state index >= 15 is 0 Å². The van der Waals surface area contributed by atoms with Gasteiger partial charge in [0, 0.05) is 23.7 Å². The molecule has 0 aliphatic carbocycles. The fourth-order valence-corrected chi connectivity index (χ4v) is 3.39. The molecule has 1 heterocycles. The summed E-state index contributed by atoms with van der Waals surface area (Å²) in [5.74, 6) is -0.554. The lowest BCUT2D eigenvalue weighted by Crippen LogP contribution is -2.34. The number of amides is 2. The molecule has 0 saturated heterocycles. The maximum Gasteiger partial charge on any atom is 0.407 e. The number of nitrogens with one attached hydrogen (secondary N) is 3. The van der Waals surface area contributed by atoms with E-state index in [-0.39, 0.29) is 30.2 Å². The lowest BCUT2D eigenvalue weighted by Gasteiger charge is -2.20. The number of anilines is 1. The molecule has 7 nitrogen and oxygen atoms in total. The van der Waals surface area contributed by atoms with Crippen molar-refractivity contribution in [2.75, 3.05) is 25.5 Å². The zero-order valence-corrected chi connectivity index (χ0v) is 18.0. The number of alkyl carbamates (subject to hydrolysis) is 1. The number of carbonyl (C=O) groups excluding carboxylic acids is 2. The molecule has 2 amide bonds. The highest BCUT2D eigenvalue weighted by Gasteiger charge is 2.30. The lowest BCUT2D eigenvalue weighted by molar-refractivity contribution is 0.0520. The number of benzene rings is 2. The van der Waals surface area contributed by atoms with Crippen LogP contribution in [0.15, 0.2) is 36.9 Å². The second-order valence-electron chi connectivity index (χ2n) is 7.94. The minimum Gasteiger partial charge on any atom is -0.491 e. The number of carbonyl (C=O) groups is 2. The molecule has 2 aromatic carbocycles. The second kappa shape index (κ2) is 8.67. The normalized spacial score (nSPS) is 13.1. The van der Waals surface area contributed by atoms with Crippen LogP contribution in [0.25, 0.3) is 16.5 Å². The summed E-state index contributed by atoms with van der Waals surface area (Å²) in [6.07, 6.45) is 2.74. The highest BCUT2D eigenvalue weighted by Crippen LogP contribution is 2.43. The summed E-state index contributed by atoms with van der Waals surface area (Å²) >= 11 is 0. The average molecular weight is 427 g/mol. The molecule has 164 valence electrons. The second-order valence-corrected chi connectivity index (χ2v) is 7.94. The summed E-state index contributed by atoms with van der Waals surface area (Å²) in [6.45, 7) is 9.25. The summed E-state index contributed by atoms with van der Waals surface area (Å²) < 4.78 is 25.8. The summed E-state index contributed by atoms with van der Waals surface area (Å²) in [4.78, 5) is 24.5. The van der Waals surface area contributed by atoms with Crippen molar-refractivity contribution in [3.05, 3.63) is 53.9 Å². The average Bonchev–Trinajstić information content (AvgIpc) is 3.02. The Hall–Kier alpha value is -3.55. The van der Waals surface area contributed by atoms with Crippen LogP contribution in [0.2, 0.25) is 0 Å². The monoisotopic (exact) mass is 427 g/mol. The molecule has 0 atom stereocenters. The topological polar surface area (TPSA) is 88.7 Å². The zero-order chi connectivity index (χ0) is 22.8. The number of halogens is 1. The van der Waals surface area contributed by atoms with Crippen molar-refractivity contribution in [2.24, 2.45) is 0 Å². The molecule has 3 rings (SSSR count). The van der Waals surface area contributed by atoms with Crippen LogP contribution in [0.1, 0.15) is 36.7 Å². The molecule has 1 aliphatic rings. The lowest BCUT2D eigenvalue weighted by atomic mass is 9.96. The zero-order valence-electron chi connectivity index (χ0n) is 18.0. The molecule has 0 fully saturated rings. The minimum absolute atomic E-state index is 0.0816. The van der Waals surface area contributed by atoms with E-state index in [1.165, 1.54) is 12.1 Å². The minimum atomic E-state index is -0.610. The van der Waals surface area contributed by atoms with E-state index in [1.54, 1.807) is 46.0 Å². The van der Waals surface area contributed by atoms with E-state index in [0.29, 0.717) is 27.9 Å². The maximum absolute atomic E-state index is 14.8. The SMILES string of the molecule is C=C/C=C(\NC)c1cc(OCCNC(=O)OC(C)(C)C)c2c(F)ccc3c2c1C(=O)N3. The van der Waals surface area contributed by atoms with Gasteiger partial charge >= 0.3 is 6.09 Å². The third-order valence-corrected chi connectivity index (χ3v) is 4.54. The summed E-state index contributed by atoms with van der Waals surface area (Å²) in [6, 6.07) is 4.44. The van der Waals surface area contributed by atoms with Crippen LogP contribution in [0, 0.1) is 5.82 Å². The molecular weight excluding hydrogens is 401 g/mol. The van der Waals surface area contributed by atoms with Gasteiger partial charge in [0.15, 0.2) is 0 Å². The van der Waals surface area contributed by atoms with Crippen LogP contribution in [0.3, 0.4) is 0 Å². The Morgan fingerprint density at radius 3 is 2.68 bits per heavy atom. The summed E-state index contributed by atoms with van der Waals surface area (Å²) in [5, 5.41) is 9.08. The van der Waals surface area contributed by atoms with Crippen molar-refractivity contribution in [2.45, 2.75) is 26.4 Å². The van der Waals surface area contributed by atoms with Gasteiger partial charge in [-0.1, -0.05) is 12.7 Å². The largest absolute Gasteiger partial charge is 0.491 e. The Bertz CT molecular complexity index is 1090. The molecule has 1 aliphatic heterocycles. The number of allylic oxidation sites excluding steroid dienone is 2. The molecule has 0 saturated carbocycles. The van der Waals surface area contributed by atoms with Crippen LogP contribution in [0.4, 0.5) is 14.9 Å². The van der Waals surface area contributed by atoms with Crippen LogP contribution in [-0.2, 0) is 4.74 Å². The molecule has 0 aromatic heterocycles. The van der Waals surface area contributed by atoms with Gasteiger partial charge in [0.25, 0.3) is 5.91 Å². The van der Waals surface area contributed by atoms with Gasteiger partial charge in [0.05, 0.1) is 23.2 Å². The van der Waals surface area contributed by atoms with Crippen molar-refractivity contribution < 1.29 is 23.5 Å². The molecule has 31 heavy (non-hydrogen) atoms. The molecule has 0 spiro atoms. The first-order valence-electron chi connectivity index (χ1n) is 9.87. The molecule has 0 bridgehead atoms. The van der Waals surface area contributed by atoms with Gasteiger partial charge in [-0.05, 0) is 45.0 Å². The Kier molecular flexibility index (Phi) is 6.19. The molecular formula is C23H26FN3O4. The van der Waals surface area contributed by atoms with Crippen molar-refractivity contribution >= 4 is 34.2 Å². The Labute approximate surface area is 180 Å². The first kappa shape index (κ1) is 22.1. The number of hydrogen-bond donors (Lipinski definition) is 3. The van der Waals surface area contributed by atoms with Gasteiger partial charge in [-0.25, -0.2) is 9.18 Å². The number of rotatable bonds is 7. The predicted molar refractivity (Wildman–Crippen MR) is 119 cm³/mol. The Balaban J connectivity index is 1.95. The Morgan fingerprint density at radius 2 is 2.03 bits per heavy atom. The van der Waals surface area contributed by atoms with Gasteiger partial charge in [-0.15, -0.1) is 0 Å². The maximum atomic E-state index is 14.8. The van der Waals surface area contributed by atoms with Gasteiger partial charge in [-0.2, -0.15) is 0 Å². The fourth-order valence-electron chi connectivity index (χ4n) is 3.39. The first-order chi connectivity index (χ1) is 14.7. The molecule has 0 radical (unpaired) electrons. The number of hydrogen-bond acceptors (Lipinski definition) is 5. The predicted octanol–water partition coefficient (Wildman–Crippen LogP) is 4.19. The van der Waals surface area contributed by atoms with Gasteiger partial charge < -0.3 is 25.4 Å². The molecule has 0 unspecified atom stereocenters. The van der Waals surface area contributed by atoms with Crippen LogP contribution < -0.4 is 20.7 Å². The van der Waals surface area contributed by atoms with Crippen LogP contribution >= 0.6 is 0 Å². The van der Waals surface area contributed by atoms with E-state index in [9.17, 15) is 14.0 Å². The molecule has 3 N–H and O–H groups in total. The van der Waals surface area contributed by atoms with Gasteiger partial charge in [0.1, 0.15) is 23.8 Å². The van der Waals surface area contributed by atoms with Crippen molar-refractivity contribution in [1.29, 1.82) is 0 Å². The third kappa shape index (κ3) is 4.63. The highest BCUT2D eigenvalue weighted by molar-refractivity contribution is 6.27. The molecule has 8 heteroatoms. The van der Waals surface area contributed by atoms with Gasteiger partial charge in [0.2, 0.25) is 0 Å². The van der Waals surface area contributed by atoms with Crippen molar-refractivity contribution in [1.82, 2.24) is 10.6 Å². The van der Waals surface area contributed by atoms with E-state index in [1.807, 2.05) is 0 Å². The summed E-state index contributed by atoms with van der Waals surface area (Å²) in [5.41, 5.74) is 1.47. The summed E-state index contributed by atoms with van der Waals surface area (Å²) in [7, 11) is 1.72. The van der Waals surface area contributed by atoms with E-state index in [4.69, 9.17) is 9.47 Å². The first-order valence-corrected chi connectivity index (χ1v) is 9.87. The quantitative estimate of drug-likeness (QED) is 0.455. The van der Waals surface area contributed by atoms with Crippen molar-refractivity contribution in [3.63, 3.8) is 0 Å². The number of ether oxygens (including phenoxy) is 2.